The number of amides is 1. The molecule has 1 aromatic rings. The summed E-state index contributed by atoms with van der Waals surface area (Å²) in [6.07, 6.45) is 1.35. The minimum Gasteiger partial charge on any atom is -0.384 e. The van der Waals surface area contributed by atoms with Gasteiger partial charge in [0, 0.05) is 18.5 Å². The summed E-state index contributed by atoms with van der Waals surface area (Å²) >= 11 is 0. The Hall–Kier alpha value is -1.63. The Balaban J connectivity index is 2.48. The van der Waals surface area contributed by atoms with E-state index in [4.69, 9.17) is 5.73 Å². The van der Waals surface area contributed by atoms with Crippen molar-refractivity contribution < 1.29 is 13.2 Å². The lowest BCUT2D eigenvalue weighted by Gasteiger charge is -2.05. The number of carbonyl (C=O) groups is 1. The van der Waals surface area contributed by atoms with Crippen molar-refractivity contribution >= 4 is 21.6 Å². The zero-order valence-corrected chi connectivity index (χ0v) is 10.3. The van der Waals surface area contributed by atoms with E-state index in [1.165, 1.54) is 18.3 Å². The molecule has 0 aliphatic rings. The number of anilines is 1. The fourth-order valence-electron chi connectivity index (χ4n) is 1.11. The molecule has 1 heterocycles. The van der Waals surface area contributed by atoms with Crippen molar-refractivity contribution in [2.24, 2.45) is 0 Å². The van der Waals surface area contributed by atoms with Gasteiger partial charge in [0.15, 0.2) is 9.84 Å². The molecule has 0 saturated heterocycles. The molecule has 0 saturated carbocycles. The van der Waals surface area contributed by atoms with Crippen LogP contribution in [0.25, 0.3) is 0 Å². The number of nitrogens with two attached hydrogens (primary N) is 1. The Morgan fingerprint density at radius 1 is 1.47 bits per heavy atom. The maximum Gasteiger partial charge on any atom is 0.252 e. The van der Waals surface area contributed by atoms with Crippen LogP contribution in [0.2, 0.25) is 0 Å². The monoisotopic (exact) mass is 257 g/mol. The normalized spacial score (nSPS) is 11.1. The third kappa shape index (κ3) is 4.39. The maximum absolute atomic E-state index is 11.5. The van der Waals surface area contributed by atoms with Crippen molar-refractivity contribution in [3.05, 3.63) is 23.9 Å². The van der Waals surface area contributed by atoms with Crippen LogP contribution in [0.4, 0.5) is 5.82 Å². The molecular weight excluding hydrogens is 242 g/mol. The van der Waals surface area contributed by atoms with Crippen molar-refractivity contribution in [2.75, 3.05) is 23.8 Å². The van der Waals surface area contributed by atoms with Gasteiger partial charge in [-0.2, -0.15) is 0 Å². The van der Waals surface area contributed by atoms with E-state index in [0.717, 1.165) is 0 Å². The number of rotatable bonds is 5. The summed E-state index contributed by atoms with van der Waals surface area (Å²) in [7, 11) is -3.05. The predicted octanol–water partition coefficient (Wildman–Crippen LogP) is -0.172. The number of hydrogen-bond donors (Lipinski definition) is 2. The van der Waals surface area contributed by atoms with Gasteiger partial charge in [0.05, 0.1) is 11.3 Å². The molecule has 0 aromatic carbocycles. The highest BCUT2D eigenvalue weighted by Crippen LogP contribution is 2.00. The first-order valence-electron chi connectivity index (χ1n) is 5.15. The molecule has 1 rings (SSSR count). The zero-order chi connectivity index (χ0) is 12.9. The minimum atomic E-state index is -3.05. The first-order valence-corrected chi connectivity index (χ1v) is 6.97. The fraction of sp³-hybridized carbons (Fsp3) is 0.400. The molecule has 0 aliphatic heterocycles. The highest BCUT2D eigenvalue weighted by Gasteiger charge is 2.09. The first-order chi connectivity index (χ1) is 7.94. The molecule has 1 aromatic heterocycles. The molecule has 94 valence electrons. The highest BCUT2D eigenvalue weighted by molar-refractivity contribution is 7.91. The Labute approximate surface area is 100 Å². The van der Waals surface area contributed by atoms with Crippen LogP contribution in [0.15, 0.2) is 18.3 Å². The summed E-state index contributed by atoms with van der Waals surface area (Å²) in [5.74, 6) is -0.0110. The van der Waals surface area contributed by atoms with Gasteiger partial charge < -0.3 is 11.1 Å². The number of nitrogens with one attached hydrogen (secondary N) is 1. The van der Waals surface area contributed by atoms with Gasteiger partial charge in [-0.3, -0.25) is 4.79 Å². The van der Waals surface area contributed by atoms with Crippen LogP contribution in [0.1, 0.15) is 17.3 Å². The molecule has 1 amide bonds. The van der Waals surface area contributed by atoms with E-state index in [1.54, 1.807) is 6.92 Å². The van der Waals surface area contributed by atoms with E-state index in [-0.39, 0.29) is 24.0 Å². The average Bonchev–Trinajstić information content (AvgIpc) is 2.29. The van der Waals surface area contributed by atoms with Crippen LogP contribution in [-0.4, -0.2) is 37.4 Å². The smallest absolute Gasteiger partial charge is 0.252 e. The Bertz CT molecular complexity index is 482. The standard InChI is InChI=1S/C10H15N3O3S/c1-2-17(15,16)6-5-12-10(14)8-3-4-9(11)13-7-8/h3-4,7H,2,5-6H2,1H3,(H2,11,13)(H,12,14). The van der Waals surface area contributed by atoms with Gasteiger partial charge >= 0.3 is 0 Å². The number of sulfone groups is 1. The summed E-state index contributed by atoms with van der Waals surface area (Å²) in [6.45, 7) is 1.67. The Morgan fingerprint density at radius 2 is 2.18 bits per heavy atom. The summed E-state index contributed by atoms with van der Waals surface area (Å²) in [5, 5.41) is 2.51. The topological polar surface area (TPSA) is 102 Å². The Morgan fingerprint density at radius 3 is 2.71 bits per heavy atom. The highest BCUT2D eigenvalue weighted by atomic mass is 32.2. The zero-order valence-electron chi connectivity index (χ0n) is 9.51. The maximum atomic E-state index is 11.5. The van der Waals surface area contributed by atoms with E-state index in [2.05, 4.69) is 10.3 Å². The lowest BCUT2D eigenvalue weighted by atomic mass is 10.2. The van der Waals surface area contributed by atoms with Gasteiger partial charge in [-0.15, -0.1) is 0 Å². The predicted molar refractivity (Wildman–Crippen MR) is 65.3 cm³/mol. The molecule has 0 atom stereocenters. The summed E-state index contributed by atoms with van der Waals surface area (Å²) in [4.78, 5) is 15.3. The quantitative estimate of drug-likeness (QED) is 0.762. The number of pyridine rings is 1. The van der Waals surface area contributed by atoms with Crippen molar-refractivity contribution in [1.29, 1.82) is 0 Å². The third-order valence-electron chi connectivity index (χ3n) is 2.19. The Kier molecular flexibility index (Phi) is 4.45. The second kappa shape index (κ2) is 5.62. The van der Waals surface area contributed by atoms with Crippen molar-refractivity contribution in [2.45, 2.75) is 6.92 Å². The van der Waals surface area contributed by atoms with Crippen molar-refractivity contribution in [1.82, 2.24) is 10.3 Å². The SMILES string of the molecule is CCS(=O)(=O)CCNC(=O)c1ccc(N)nc1. The van der Waals surface area contributed by atoms with Gasteiger partial charge in [0.2, 0.25) is 0 Å². The van der Waals surface area contributed by atoms with Gasteiger partial charge in [0.25, 0.3) is 5.91 Å². The molecule has 0 spiro atoms. The number of aromatic nitrogens is 1. The lowest BCUT2D eigenvalue weighted by Crippen LogP contribution is -2.29. The van der Waals surface area contributed by atoms with Crippen LogP contribution in [-0.2, 0) is 9.84 Å². The third-order valence-corrected chi connectivity index (χ3v) is 3.89. The minimum absolute atomic E-state index is 0.0579. The molecule has 6 nitrogen and oxygen atoms in total. The largest absolute Gasteiger partial charge is 0.384 e. The molecule has 0 unspecified atom stereocenters. The number of carbonyl (C=O) groups excluding carboxylic acids is 1. The van der Waals surface area contributed by atoms with E-state index < -0.39 is 9.84 Å². The van der Waals surface area contributed by atoms with E-state index >= 15 is 0 Å². The van der Waals surface area contributed by atoms with Crippen LogP contribution >= 0.6 is 0 Å². The molecule has 17 heavy (non-hydrogen) atoms. The molecule has 0 radical (unpaired) electrons. The molecule has 0 bridgehead atoms. The molecular formula is C10H15N3O3S. The molecule has 0 aliphatic carbocycles. The van der Waals surface area contributed by atoms with Gasteiger partial charge in [-0.1, -0.05) is 6.92 Å². The van der Waals surface area contributed by atoms with E-state index in [9.17, 15) is 13.2 Å². The first kappa shape index (κ1) is 13.4. The number of hydrogen-bond acceptors (Lipinski definition) is 5. The summed E-state index contributed by atoms with van der Waals surface area (Å²) < 4.78 is 22.4. The molecule has 7 heteroatoms. The number of nitrogens with zero attached hydrogens (tertiary/aromatic N) is 1. The molecule has 0 fully saturated rings. The summed E-state index contributed by atoms with van der Waals surface area (Å²) in [6, 6.07) is 3.05. The number of nitrogen functional groups attached to an aromatic ring is 1. The van der Waals surface area contributed by atoms with Gasteiger partial charge in [0.1, 0.15) is 5.82 Å². The second-order valence-electron chi connectivity index (χ2n) is 3.46. The summed E-state index contributed by atoms with van der Waals surface area (Å²) in [5.41, 5.74) is 5.73. The van der Waals surface area contributed by atoms with Crippen molar-refractivity contribution in [3.8, 4) is 0 Å². The van der Waals surface area contributed by atoms with Crippen LogP contribution < -0.4 is 11.1 Å². The van der Waals surface area contributed by atoms with Crippen LogP contribution in [0.3, 0.4) is 0 Å². The van der Waals surface area contributed by atoms with E-state index in [0.29, 0.717) is 11.4 Å². The average molecular weight is 257 g/mol. The van der Waals surface area contributed by atoms with Gasteiger partial charge in [-0.25, -0.2) is 13.4 Å². The van der Waals surface area contributed by atoms with Gasteiger partial charge in [-0.05, 0) is 12.1 Å². The van der Waals surface area contributed by atoms with Crippen molar-refractivity contribution in [3.63, 3.8) is 0 Å². The fourth-order valence-corrected chi connectivity index (χ4v) is 1.81. The second-order valence-corrected chi connectivity index (χ2v) is 5.94. The van der Waals surface area contributed by atoms with Crippen LogP contribution in [0.5, 0.6) is 0 Å². The van der Waals surface area contributed by atoms with Crippen LogP contribution in [0, 0.1) is 0 Å². The van der Waals surface area contributed by atoms with E-state index in [1.807, 2.05) is 0 Å². The molecule has 3 N–H and O–H groups in total. The lowest BCUT2D eigenvalue weighted by molar-refractivity contribution is 0.0956.